The second-order valence-corrected chi connectivity index (χ2v) is 5.87. The third-order valence-corrected chi connectivity index (χ3v) is 4.33. The van der Waals surface area contributed by atoms with E-state index in [-0.39, 0.29) is 11.0 Å². The summed E-state index contributed by atoms with van der Waals surface area (Å²) in [6.07, 6.45) is -0.593. The van der Waals surface area contributed by atoms with Crippen LogP contribution in [0.2, 0.25) is 0 Å². The maximum absolute atomic E-state index is 12.6. The van der Waals surface area contributed by atoms with Crippen molar-refractivity contribution in [3.8, 4) is 0 Å². The second kappa shape index (κ2) is 4.92. The average molecular weight is 294 g/mol. The lowest BCUT2D eigenvalue weighted by atomic mass is 9.84. The van der Waals surface area contributed by atoms with Gasteiger partial charge in [-0.2, -0.15) is 13.2 Å². The number of amides is 1. The van der Waals surface area contributed by atoms with Crippen molar-refractivity contribution in [3.05, 3.63) is 0 Å². The van der Waals surface area contributed by atoms with Crippen molar-refractivity contribution >= 4 is 23.1 Å². The van der Waals surface area contributed by atoms with Crippen LogP contribution in [0.5, 0.6) is 0 Å². The summed E-state index contributed by atoms with van der Waals surface area (Å²) in [5.41, 5.74) is 4.62. The molecule has 2 aliphatic rings. The van der Waals surface area contributed by atoms with Crippen molar-refractivity contribution in [1.82, 2.24) is 4.90 Å². The molecule has 0 aliphatic heterocycles. The van der Waals surface area contributed by atoms with Crippen molar-refractivity contribution in [1.29, 1.82) is 0 Å². The Kier molecular flexibility index (Phi) is 3.77. The fourth-order valence-corrected chi connectivity index (χ4v) is 3.06. The third kappa shape index (κ3) is 3.01. The normalized spacial score (nSPS) is 22.3. The van der Waals surface area contributed by atoms with Gasteiger partial charge in [0.2, 0.25) is 5.91 Å². The molecule has 1 amide bonds. The van der Waals surface area contributed by atoms with E-state index in [0.717, 1.165) is 17.7 Å². The van der Waals surface area contributed by atoms with Crippen LogP contribution in [-0.2, 0) is 4.79 Å². The van der Waals surface area contributed by atoms with Crippen LogP contribution in [0.3, 0.4) is 0 Å². The molecule has 2 N–H and O–H groups in total. The lowest BCUT2D eigenvalue weighted by Crippen LogP contribution is -2.52. The summed E-state index contributed by atoms with van der Waals surface area (Å²) in [6.45, 7) is -1.19. The molecule has 0 spiro atoms. The van der Waals surface area contributed by atoms with E-state index in [4.69, 9.17) is 18.0 Å². The van der Waals surface area contributed by atoms with Crippen LogP contribution in [0.4, 0.5) is 13.2 Å². The maximum Gasteiger partial charge on any atom is 0.406 e. The molecule has 0 atom stereocenters. The molecule has 0 saturated heterocycles. The first-order chi connectivity index (χ1) is 8.76. The first-order valence-electron chi connectivity index (χ1n) is 6.44. The predicted molar refractivity (Wildman–Crippen MR) is 68.5 cm³/mol. The largest absolute Gasteiger partial charge is 0.406 e. The number of carbonyl (C=O) groups is 1. The molecule has 0 bridgehead atoms. The first-order valence-corrected chi connectivity index (χ1v) is 6.85. The molecule has 2 fully saturated rings. The molecular formula is C12H17F3N2OS. The lowest BCUT2D eigenvalue weighted by Gasteiger charge is -2.34. The van der Waals surface area contributed by atoms with Crippen LogP contribution >= 0.6 is 12.2 Å². The smallest absolute Gasteiger partial charge is 0.392 e. The zero-order chi connectivity index (χ0) is 14.3. The Bertz CT molecular complexity index is 387. The molecule has 0 aromatic carbocycles. The highest BCUT2D eigenvalue weighted by Gasteiger charge is 2.51. The molecule has 0 unspecified atom stereocenters. The van der Waals surface area contributed by atoms with E-state index < -0.39 is 24.0 Å². The Morgan fingerprint density at radius 3 is 2.21 bits per heavy atom. The summed E-state index contributed by atoms with van der Waals surface area (Å²) in [6, 6.07) is -0.291. The highest BCUT2D eigenvalue weighted by atomic mass is 32.1. The van der Waals surface area contributed by atoms with E-state index in [1.807, 2.05) is 0 Å². The van der Waals surface area contributed by atoms with Gasteiger partial charge in [-0.1, -0.05) is 25.1 Å². The molecule has 3 nitrogen and oxygen atoms in total. The summed E-state index contributed by atoms with van der Waals surface area (Å²) in [7, 11) is 0. The van der Waals surface area contributed by atoms with Gasteiger partial charge >= 0.3 is 6.18 Å². The molecular weight excluding hydrogens is 277 g/mol. The van der Waals surface area contributed by atoms with Crippen LogP contribution in [0.1, 0.15) is 38.5 Å². The maximum atomic E-state index is 12.6. The molecule has 0 heterocycles. The van der Waals surface area contributed by atoms with Crippen molar-refractivity contribution in [2.75, 3.05) is 6.54 Å². The molecule has 19 heavy (non-hydrogen) atoms. The molecule has 0 radical (unpaired) electrons. The predicted octanol–water partition coefficient (Wildman–Crippen LogP) is 2.39. The fraction of sp³-hybridized carbons (Fsp3) is 0.833. The molecule has 0 aromatic rings. The van der Waals surface area contributed by atoms with Gasteiger partial charge in [0.15, 0.2) is 0 Å². The van der Waals surface area contributed by atoms with E-state index in [1.165, 1.54) is 0 Å². The number of hydrogen-bond donors (Lipinski definition) is 1. The zero-order valence-corrected chi connectivity index (χ0v) is 11.3. The molecule has 2 saturated carbocycles. The van der Waals surface area contributed by atoms with Crippen LogP contribution in [-0.4, -0.2) is 34.6 Å². The highest BCUT2D eigenvalue weighted by Crippen LogP contribution is 2.43. The van der Waals surface area contributed by atoms with Crippen molar-refractivity contribution in [2.24, 2.45) is 11.1 Å². The van der Waals surface area contributed by atoms with Gasteiger partial charge in [0, 0.05) is 6.04 Å². The Hall–Kier alpha value is -0.850. The van der Waals surface area contributed by atoms with E-state index in [0.29, 0.717) is 25.7 Å². The number of alkyl halides is 3. The third-order valence-electron chi connectivity index (χ3n) is 3.94. The lowest BCUT2D eigenvalue weighted by molar-refractivity contribution is -0.166. The standard InChI is InChI=1S/C12H17F3N2OS/c13-12(14,15)7-17(8-3-4-8)10(18)11(9(16)19)5-1-2-6-11/h8H,1-7H2,(H2,16,19). The summed E-state index contributed by atoms with van der Waals surface area (Å²) < 4.78 is 37.8. The van der Waals surface area contributed by atoms with E-state index in [9.17, 15) is 18.0 Å². The minimum absolute atomic E-state index is 0.0443. The van der Waals surface area contributed by atoms with Gasteiger partial charge < -0.3 is 10.6 Å². The fourth-order valence-electron chi connectivity index (χ4n) is 2.77. The number of rotatable bonds is 4. The SMILES string of the molecule is NC(=S)C1(C(=O)N(CC(F)(F)F)C2CC2)CCCC1. The van der Waals surface area contributed by atoms with Gasteiger partial charge in [0.1, 0.15) is 6.54 Å². The molecule has 2 aliphatic carbocycles. The van der Waals surface area contributed by atoms with Gasteiger partial charge in [-0.25, -0.2) is 0 Å². The average Bonchev–Trinajstić information content (AvgIpc) is 3.00. The van der Waals surface area contributed by atoms with Crippen LogP contribution in [0.15, 0.2) is 0 Å². The van der Waals surface area contributed by atoms with Gasteiger partial charge in [-0.05, 0) is 25.7 Å². The number of thiocarbonyl (C=S) groups is 1. The van der Waals surface area contributed by atoms with Crippen molar-refractivity contribution in [3.63, 3.8) is 0 Å². The summed E-state index contributed by atoms with van der Waals surface area (Å²) in [5.74, 6) is -0.516. The first kappa shape index (κ1) is 14.6. The van der Waals surface area contributed by atoms with Gasteiger partial charge in [-0.3, -0.25) is 4.79 Å². The van der Waals surface area contributed by atoms with Crippen molar-refractivity contribution < 1.29 is 18.0 Å². The summed E-state index contributed by atoms with van der Waals surface area (Å²) in [4.78, 5) is 13.5. The van der Waals surface area contributed by atoms with Crippen LogP contribution in [0.25, 0.3) is 0 Å². The van der Waals surface area contributed by atoms with E-state index >= 15 is 0 Å². The molecule has 0 aromatic heterocycles. The van der Waals surface area contributed by atoms with E-state index in [2.05, 4.69) is 0 Å². The number of hydrogen-bond acceptors (Lipinski definition) is 2. The Morgan fingerprint density at radius 1 is 1.32 bits per heavy atom. The van der Waals surface area contributed by atoms with Crippen LogP contribution in [0, 0.1) is 5.41 Å². The number of nitrogens with zero attached hydrogens (tertiary/aromatic N) is 1. The van der Waals surface area contributed by atoms with Crippen LogP contribution < -0.4 is 5.73 Å². The number of nitrogens with two attached hydrogens (primary N) is 1. The molecule has 2 rings (SSSR count). The van der Waals surface area contributed by atoms with Gasteiger partial charge in [-0.15, -0.1) is 0 Å². The highest BCUT2D eigenvalue weighted by molar-refractivity contribution is 7.80. The number of halogens is 3. The Balaban J connectivity index is 2.21. The second-order valence-electron chi connectivity index (χ2n) is 5.43. The molecule has 7 heteroatoms. The van der Waals surface area contributed by atoms with Gasteiger partial charge in [0.25, 0.3) is 0 Å². The zero-order valence-electron chi connectivity index (χ0n) is 10.5. The minimum atomic E-state index is -4.38. The topological polar surface area (TPSA) is 46.3 Å². The Morgan fingerprint density at radius 2 is 1.84 bits per heavy atom. The molecule has 108 valence electrons. The Labute approximate surface area is 115 Å². The quantitative estimate of drug-likeness (QED) is 0.810. The summed E-state index contributed by atoms with van der Waals surface area (Å²) >= 11 is 4.96. The monoisotopic (exact) mass is 294 g/mol. The van der Waals surface area contributed by atoms with Crippen molar-refractivity contribution in [2.45, 2.75) is 50.7 Å². The van der Waals surface area contributed by atoms with E-state index in [1.54, 1.807) is 0 Å². The minimum Gasteiger partial charge on any atom is -0.392 e. The van der Waals surface area contributed by atoms with Gasteiger partial charge in [0.05, 0.1) is 10.4 Å². The summed E-state index contributed by atoms with van der Waals surface area (Å²) in [5, 5.41) is 0. The number of carbonyl (C=O) groups excluding carboxylic acids is 1.